The number of methoxy groups -OCH3 is 1. The fourth-order valence-corrected chi connectivity index (χ4v) is 1.63. The van der Waals surface area contributed by atoms with Crippen LogP contribution in [0.3, 0.4) is 0 Å². The zero-order valence-corrected chi connectivity index (χ0v) is 10.1. The maximum atomic E-state index is 13.3. The third-order valence-corrected chi connectivity index (χ3v) is 2.47. The zero-order valence-electron chi connectivity index (χ0n) is 10.1. The van der Waals surface area contributed by atoms with E-state index in [9.17, 15) is 9.18 Å². The molecule has 0 amide bonds. The van der Waals surface area contributed by atoms with Gasteiger partial charge in [-0.1, -0.05) is 0 Å². The second-order valence-corrected chi connectivity index (χ2v) is 3.83. The van der Waals surface area contributed by atoms with E-state index in [1.165, 1.54) is 31.4 Å². The third-order valence-electron chi connectivity index (χ3n) is 2.47. The van der Waals surface area contributed by atoms with Gasteiger partial charge < -0.3 is 4.74 Å². The molecule has 6 heteroatoms. The Balaban J connectivity index is 2.38. The van der Waals surface area contributed by atoms with Crippen LogP contribution in [0.25, 0.3) is 0 Å². The fraction of sp³-hybridized carbons (Fsp3) is 0.154. The number of halogens is 1. The summed E-state index contributed by atoms with van der Waals surface area (Å²) in [6, 6.07) is 8.52. The van der Waals surface area contributed by atoms with Crippen molar-refractivity contribution in [3.05, 3.63) is 57.6 Å². The van der Waals surface area contributed by atoms with Gasteiger partial charge in [-0.2, -0.15) is 5.26 Å². The van der Waals surface area contributed by atoms with Gasteiger partial charge in [0, 0.05) is 12.1 Å². The Morgan fingerprint density at radius 3 is 2.89 bits per heavy atom. The Morgan fingerprint density at radius 2 is 2.21 bits per heavy atom. The highest BCUT2D eigenvalue weighted by Gasteiger charge is 2.05. The molecule has 19 heavy (non-hydrogen) atoms. The second-order valence-electron chi connectivity index (χ2n) is 3.83. The molecule has 96 valence electrons. The van der Waals surface area contributed by atoms with Gasteiger partial charge in [-0.3, -0.25) is 4.79 Å². The minimum Gasteiger partial charge on any atom is -0.480 e. The molecule has 0 aliphatic carbocycles. The van der Waals surface area contributed by atoms with E-state index in [2.05, 4.69) is 5.10 Å². The smallest absolute Gasteiger partial charge is 0.267 e. The van der Waals surface area contributed by atoms with Gasteiger partial charge in [0.15, 0.2) is 0 Å². The van der Waals surface area contributed by atoms with Crippen molar-refractivity contribution >= 4 is 0 Å². The van der Waals surface area contributed by atoms with Gasteiger partial charge in [0.25, 0.3) is 5.56 Å². The summed E-state index contributed by atoms with van der Waals surface area (Å²) in [4.78, 5) is 11.6. The van der Waals surface area contributed by atoms with Crippen LogP contribution in [0, 0.1) is 17.1 Å². The zero-order chi connectivity index (χ0) is 13.8. The molecule has 0 atom stereocenters. The topological polar surface area (TPSA) is 67.9 Å². The molecule has 0 N–H and O–H groups in total. The molecule has 0 saturated carbocycles. The Morgan fingerprint density at radius 1 is 1.42 bits per heavy atom. The maximum Gasteiger partial charge on any atom is 0.267 e. The summed E-state index contributed by atoms with van der Waals surface area (Å²) in [5, 5.41) is 12.7. The highest BCUT2D eigenvalue weighted by molar-refractivity contribution is 5.33. The standard InChI is InChI=1S/C13H10FN3O2/c1-19-12-2-3-13(18)17(16-12)8-10-4-9(7-15)5-11(14)6-10/h2-6H,8H2,1H3. The van der Waals surface area contributed by atoms with Crippen molar-refractivity contribution in [2.24, 2.45) is 0 Å². The molecule has 2 rings (SSSR count). The summed E-state index contributed by atoms with van der Waals surface area (Å²) in [6.07, 6.45) is 0. The van der Waals surface area contributed by atoms with E-state index in [-0.39, 0.29) is 23.5 Å². The summed E-state index contributed by atoms with van der Waals surface area (Å²) in [7, 11) is 1.44. The molecule has 0 saturated heterocycles. The van der Waals surface area contributed by atoms with Crippen molar-refractivity contribution in [2.75, 3.05) is 7.11 Å². The quantitative estimate of drug-likeness (QED) is 0.833. The van der Waals surface area contributed by atoms with E-state index in [1.807, 2.05) is 6.07 Å². The fourth-order valence-electron chi connectivity index (χ4n) is 1.63. The van der Waals surface area contributed by atoms with Crippen LogP contribution in [0.4, 0.5) is 4.39 Å². The molecule has 1 heterocycles. The molecule has 1 aromatic heterocycles. The van der Waals surface area contributed by atoms with Gasteiger partial charge >= 0.3 is 0 Å². The number of nitrogens with zero attached hydrogens (tertiary/aromatic N) is 3. The molecule has 0 aliphatic heterocycles. The third kappa shape index (κ3) is 2.96. The number of benzene rings is 1. The lowest BCUT2D eigenvalue weighted by molar-refractivity contribution is 0.379. The van der Waals surface area contributed by atoms with Gasteiger partial charge in [0.1, 0.15) is 5.82 Å². The lowest BCUT2D eigenvalue weighted by atomic mass is 10.1. The monoisotopic (exact) mass is 259 g/mol. The second kappa shape index (κ2) is 5.31. The minimum atomic E-state index is -0.523. The predicted molar refractivity (Wildman–Crippen MR) is 65.3 cm³/mol. The number of rotatable bonds is 3. The summed E-state index contributed by atoms with van der Waals surface area (Å²) >= 11 is 0. The van der Waals surface area contributed by atoms with E-state index < -0.39 is 5.82 Å². The number of hydrogen-bond donors (Lipinski definition) is 0. The maximum absolute atomic E-state index is 13.3. The first-order valence-corrected chi connectivity index (χ1v) is 5.44. The number of nitriles is 1. The van der Waals surface area contributed by atoms with Crippen LogP contribution in [-0.4, -0.2) is 16.9 Å². The average Bonchev–Trinajstić information content (AvgIpc) is 2.40. The molecule has 0 spiro atoms. The first-order chi connectivity index (χ1) is 9.12. The van der Waals surface area contributed by atoms with Crippen LogP contribution in [0.2, 0.25) is 0 Å². The molecular weight excluding hydrogens is 249 g/mol. The van der Waals surface area contributed by atoms with Gasteiger partial charge in [0.2, 0.25) is 5.88 Å². The van der Waals surface area contributed by atoms with E-state index in [0.717, 1.165) is 10.7 Å². The highest BCUT2D eigenvalue weighted by atomic mass is 19.1. The van der Waals surface area contributed by atoms with E-state index in [1.54, 1.807) is 0 Å². The highest BCUT2D eigenvalue weighted by Crippen LogP contribution is 2.10. The lowest BCUT2D eigenvalue weighted by Crippen LogP contribution is -2.22. The van der Waals surface area contributed by atoms with Crippen molar-refractivity contribution in [1.82, 2.24) is 9.78 Å². The van der Waals surface area contributed by atoms with Crippen molar-refractivity contribution in [1.29, 1.82) is 5.26 Å². The number of aromatic nitrogens is 2. The van der Waals surface area contributed by atoms with Crippen LogP contribution in [0.5, 0.6) is 5.88 Å². The summed E-state index contributed by atoms with van der Waals surface area (Å²) < 4.78 is 19.3. The van der Waals surface area contributed by atoms with Crippen LogP contribution in [-0.2, 0) is 6.54 Å². The minimum absolute atomic E-state index is 0.0719. The number of ether oxygens (including phenoxy) is 1. The molecule has 0 bridgehead atoms. The predicted octanol–water partition coefficient (Wildman–Crippen LogP) is 1.31. The van der Waals surface area contributed by atoms with Gasteiger partial charge in [-0.25, -0.2) is 9.07 Å². The summed E-state index contributed by atoms with van der Waals surface area (Å²) in [5.74, 6) is -0.235. The van der Waals surface area contributed by atoms with E-state index in [4.69, 9.17) is 10.00 Å². The summed E-state index contributed by atoms with van der Waals surface area (Å²) in [6.45, 7) is 0.0719. The SMILES string of the molecule is COc1ccc(=O)n(Cc2cc(F)cc(C#N)c2)n1. The van der Waals surface area contributed by atoms with E-state index in [0.29, 0.717) is 5.56 Å². The molecule has 0 aliphatic rings. The van der Waals surface area contributed by atoms with Crippen molar-refractivity contribution in [3.8, 4) is 11.9 Å². The lowest BCUT2D eigenvalue weighted by Gasteiger charge is -2.06. The van der Waals surface area contributed by atoms with Crippen molar-refractivity contribution in [2.45, 2.75) is 6.54 Å². The van der Waals surface area contributed by atoms with Gasteiger partial charge in [-0.05, 0) is 23.8 Å². The van der Waals surface area contributed by atoms with Crippen molar-refractivity contribution in [3.63, 3.8) is 0 Å². The Bertz CT molecular complexity index is 704. The van der Waals surface area contributed by atoms with Gasteiger partial charge in [0.05, 0.1) is 25.3 Å². The van der Waals surface area contributed by atoms with Gasteiger partial charge in [-0.15, -0.1) is 5.10 Å². The van der Waals surface area contributed by atoms with Crippen molar-refractivity contribution < 1.29 is 9.13 Å². The molecular formula is C13H10FN3O2. The molecule has 0 radical (unpaired) electrons. The van der Waals surface area contributed by atoms with Crippen LogP contribution in [0.1, 0.15) is 11.1 Å². The Labute approximate surface area is 108 Å². The Kier molecular flexibility index (Phi) is 3.57. The molecule has 5 nitrogen and oxygen atoms in total. The van der Waals surface area contributed by atoms with Crippen LogP contribution in [0.15, 0.2) is 35.1 Å². The first kappa shape index (κ1) is 12.8. The average molecular weight is 259 g/mol. The van der Waals surface area contributed by atoms with Crippen LogP contribution >= 0.6 is 0 Å². The molecule has 2 aromatic rings. The molecule has 0 fully saturated rings. The largest absolute Gasteiger partial charge is 0.480 e. The first-order valence-electron chi connectivity index (χ1n) is 5.44. The van der Waals surface area contributed by atoms with Crippen LogP contribution < -0.4 is 10.3 Å². The molecule has 1 aromatic carbocycles. The number of hydrogen-bond acceptors (Lipinski definition) is 4. The Hall–Kier alpha value is -2.68. The van der Waals surface area contributed by atoms with E-state index >= 15 is 0 Å². The summed E-state index contributed by atoms with van der Waals surface area (Å²) in [5.41, 5.74) is 0.355. The normalized spacial score (nSPS) is 9.95. The molecule has 0 unspecified atom stereocenters.